The number of Topliss-reactive ketones (excluding diaryl/α,β-unsaturated/α-hetero) is 1. The SMILES string of the molecule is CCC(CC)(CCP(=O)(O)O)SC(CC(=O)c1ccc(OCCCO)cc1)c1ccc(OCCCO)cc1. The molecule has 0 spiro atoms. The number of carbonyl (C=O) groups excluding carboxylic acids is 1. The summed E-state index contributed by atoms with van der Waals surface area (Å²) < 4.78 is 22.5. The first kappa shape index (κ1) is 32.3. The molecule has 38 heavy (non-hydrogen) atoms. The summed E-state index contributed by atoms with van der Waals surface area (Å²) in [6.45, 7) is 4.94. The Balaban J connectivity index is 2.26. The van der Waals surface area contributed by atoms with Gasteiger partial charge < -0.3 is 29.5 Å². The van der Waals surface area contributed by atoms with Crippen molar-refractivity contribution in [3.05, 3.63) is 59.7 Å². The van der Waals surface area contributed by atoms with Crippen LogP contribution in [0.4, 0.5) is 0 Å². The van der Waals surface area contributed by atoms with Crippen molar-refractivity contribution in [3.63, 3.8) is 0 Å². The Morgan fingerprint density at radius 1 is 0.895 bits per heavy atom. The van der Waals surface area contributed by atoms with E-state index in [2.05, 4.69) is 0 Å². The molecule has 0 amide bonds. The summed E-state index contributed by atoms with van der Waals surface area (Å²) in [6, 6.07) is 14.5. The van der Waals surface area contributed by atoms with Crippen LogP contribution < -0.4 is 9.47 Å². The van der Waals surface area contributed by atoms with Gasteiger partial charge in [0.2, 0.25) is 0 Å². The number of rotatable bonds is 19. The predicted molar refractivity (Wildman–Crippen MR) is 151 cm³/mol. The van der Waals surface area contributed by atoms with Gasteiger partial charge in [0, 0.05) is 48.0 Å². The fourth-order valence-electron chi connectivity index (χ4n) is 4.02. The Morgan fingerprint density at radius 3 is 1.84 bits per heavy atom. The Bertz CT molecular complexity index is 1000. The number of hydrogen-bond acceptors (Lipinski definition) is 7. The van der Waals surface area contributed by atoms with Crippen LogP contribution in [-0.4, -0.2) is 63.1 Å². The highest BCUT2D eigenvalue weighted by atomic mass is 32.2. The van der Waals surface area contributed by atoms with Crippen LogP contribution in [0.2, 0.25) is 0 Å². The van der Waals surface area contributed by atoms with E-state index in [0.29, 0.717) is 62.4 Å². The van der Waals surface area contributed by atoms with Gasteiger partial charge in [-0.2, -0.15) is 0 Å². The second-order valence-electron chi connectivity index (χ2n) is 9.21. The molecule has 0 saturated heterocycles. The van der Waals surface area contributed by atoms with Crippen LogP contribution in [0.3, 0.4) is 0 Å². The monoisotopic (exact) mass is 568 g/mol. The lowest BCUT2D eigenvalue weighted by atomic mass is 9.99. The van der Waals surface area contributed by atoms with Crippen molar-refractivity contribution < 1.29 is 38.8 Å². The van der Waals surface area contributed by atoms with Gasteiger partial charge in [0.1, 0.15) is 11.5 Å². The molecule has 2 aromatic carbocycles. The second-order valence-corrected chi connectivity index (χ2v) is 12.7. The average molecular weight is 569 g/mol. The number of carbonyl (C=O) groups is 1. The Kier molecular flexibility index (Phi) is 13.9. The zero-order chi connectivity index (χ0) is 28.0. The molecular formula is C28H41O8PS. The van der Waals surface area contributed by atoms with E-state index in [1.807, 2.05) is 38.1 Å². The second kappa shape index (κ2) is 16.3. The summed E-state index contributed by atoms with van der Waals surface area (Å²) in [6.07, 6.45) is 2.86. The van der Waals surface area contributed by atoms with Crippen LogP contribution >= 0.6 is 19.4 Å². The molecule has 8 nitrogen and oxygen atoms in total. The van der Waals surface area contributed by atoms with Crippen molar-refractivity contribution in [1.82, 2.24) is 0 Å². The van der Waals surface area contributed by atoms with Crippen LogP contribution in [0.1, 0.15) is 73.5 Å². The van der Waals surface area contributed by atoms with E-state index in [1.54, 1.807) is 36.0 Å². The lowest BCUT2D eigenvalue weighted by Gasteiger charge is -2.35. The lowest BCUT2D eigenvalue weighted by Crippen LogP contribution is -2.26. The summed E-state index contributed by atoms with van der Waals surface area (Å²) in [4.78, 5) is 32.4. The number of ketones is 1. The number of aliphatic hydroxyl groups excluding tert-OH is 2. The number of hydrogen-bond donors (Lipinski definition) is 4. The average Bonchev–Trinajstić information content (AvgIpc) is 2.91. The van der Waals surface area contributed by atoms with Gasteiger partial charge in [-0.05, 0) is 61.2 Å². The Hall–Kier alpha value is -1.87. The topological polar surface area (TPSA) is 134 Å². The molecule has 0 saturated carbocycles. The fourth-order valence-corrected chi connectivity index (χ4v) is 6.57. The zero-order valence-corrected chi connectivity index (χ0v) is 24.0. The molecular weight excluding hydrogens is 527 g/mol. The minimum absolute atomic E-state index is 0.0382. The summed E-state index contributed by atoms with van der Waals surface area (Å²) in [7, 11) is -4.15. The smallest absolute Gasteiger partial charge is 0.325 e. The fraction of sp³-hybridized carbons (Fsp3) is 0.536. The van der Waals surface area contributed by atoms with Gasteiger partial charge in [0.05, 0.1) is 19.4 Å². The third kappa shape index (κ3) is 11.1. The summed E-state index contributed by atoms with van der Waals surface area (Å²) in [5, 5.41) is 17.7. The van der Waals surface area contributed by atoms with E-state index in [9.17, 15) is 19.1 Å². The van der Waals surface area contributed by atoms with E-state index in [-0.39, 0.29) is 36.8 Å². The first-order valence-electron chi connectivity index (χ1n) is 13.1. The van der Waals surface area contributed by atoms with E-state index in [0.717, 1.165) is 5.56 Å². The van der Waals surface area contributed by atoms with Crippen molar-refractivity contribution in [2.75, 3.05) is 32.6 Å². The van der Waals surface area contributed by atoms with Crippen molar-refractivity contribution in [2.24, 2.45) is 0 Å². The number of thioether (sulfide) groups is 1. The van der Waals surface area contributed by atoms with Gasteiger partial charge >= 0.3 is 7.60 Å². The molecule has 1 atom stereocenters. The van der Waals surface area contributed by atoms with Gasteiger partial charge in [-0.25, -0.2) is 0 Å². The standard InChI is InChI=1S/C28H41O8PS/c1-3-28(4-2,15-20-37(32,33)34)38-27(23-9-13-25(14-10-23)36-19-6-17-30)21-26(31)22-7-11-24(12-8-22)35-18-5-16-29/h7-14,27,29-30H,3-6,15-21H2,1-2H3,(H2,32,33,34). The third-order valence-corrected chi connectivity index (χ3v) is 9.29. The van der Waals surface area contributed by atoms with Crippen LogP contribution in [0.5, 0.6) is 11.5 Å². The van der Waals surface area contributed by atoms with E-state index < -0.39 is 12.3 Å². The van der Waals surface area contributed by atoms with Crippen LogP contribution in [-0.2, 0) is 4.57 Å². The normalized spacial score (nSPS) is 12.8. The summed E-state index contributed by atoms with van der Waals surface area (Å²) >= 11 is 1.61. The first-order chi connectivity index (χ1) is 18.1. The zero-order valence-electron chi connectivity index (χ0n) is 22.3. The minimum Gasteiger partial charge on any atom is -0.494 e. The molecule has 0 aromatic heterocycles. The molecule has 0 fully saturated rings. The maximum atomic E-state index is 13.4. The molecule has 0 radical (unpaired) electrons. The predicted octanol–water partition coefficient (Wildman–Crippen LogP) is 5.38. The van der Waals surface area contributed by atoms with Gasteiger partial charge in [0.15, 0.2) is 5.78 Å². The minimum atomic E-state index is -4.15. The van der Waals surface area contributed by atoms with Gasteiger partial charge in [-0.15, -0.1) is 11.8 Å². The van der Waals surface area contributed by atoms with E-state index in [4.69, 9.17) is 19.7 Å². The van der Waals surface area contributed by atoms with Gasteiger partial charge in [0.25, 0.3) is 0 Å². The third-order valence-electron chi connectivity index (χ3n) is 6.48. The Morgan fingerprint density at radius 2 is 1.39 bits per heavy atom. The van der Waals surface area contributed by atoms with Gasteiger partial charge in [-0.1, -0.05) is 26.0 Å². The molecule has 0 aliphatic carbocycles. The molecule has 2 aromatic rings. The van der Waals surface area contributed by atoms with E-state index >= 15 is 0 Å². The van der Waals surface area contributed by atoms with Crippen molar-refractivity contribution in [3.8, 4) is 11.5 Å². The molecule has 0 aliphatic rings. The molecule has 0 bridgehead atoms. The molecule has 0 heterocycles. The molecule has 1 unspecified atom stereocenters. The number of aliphatic hydroxyl groups is 2. The largest absolute Gasteiger partial charge is 0.494 e. The lowest BCUT2D eigenvalue weighted by molar-refractivity contribution is 0.0981. The molecule has 2 rings (SSSR count). The van der Waals surface area contributed by atoms with Crippen LogP contribution in [0.25, 0.3) is 0 Å². The molecule has 4 N–H and O–H groups in total. The van der Waals surface area contributed by atoms with Crippen molar-refractivity contribution >= 4 is 25.1 Å². The molecule has 10 heteroatoms. The molecule has 0 aliphatic heterocycles. The Labute approximate surface area is 229 Å². The summed E-state index contributed by atoms with van der Waals surface area (Å²) in [5.41, 5.74) is 1.49. The van der Waals surface area contributed by atoms with Crippen molar-refractivity contribution in [1.29, 1.82) is 0 Å². The van der Waals surface area contributed by atoms with Gasteiger partial charge in [-0.3, -0.25) is 9.36 Å². The first-order valence-corrected chi connectivity index (χ1v) is 15.8. The number of benzene rings is 2. The highest BCUT2D eigenvalue weighted by molar-refractivity contribution is 8.00. The quantitative estimate of drug-likeness (QED) is 0.100. The summed E-state index contributed by atoms with van der Waals surface area (Å²) in [5.74, 6) is 1.27. The molecule has 212 valence electrons. The van der Waals surface area contributed by atoms with Crippen LogP contribution in [0, 0.1) is 0 Å². The van der Waals surface area contributed by atoms with E-state index in [1.165, 1.54) is 0 Å². The van der Waals surface area contributed by atoms with Crippen LogP contribution in [0.15, 0.2) is 48.5 Å². The highest BCUT2D eigenvalue weighted by Crippen LogP contribution is 2.50. The van der Waals surface area contributed by atoms with Crippen molar-refractivity contribution in [2.45, 2.75) is 62.4 Å². The highest BCUT2D eigenvalue weighted by Gasteiger charge is 2.34. The number of ether oxygens (including phenoxy) is 2. The maximum absolute atomic E-state index is 13.4. The maximum Gasteiger partial charge on any atom is 0.325 e.